The number of amides is 1. The molecule has 1 aliphatic heterocycles. The quantitative estimate of drug-likeness (QED) is 0.682. The summed E-state index contributed by atoms with van der Waals surface area (Å²) in [6, 6.07) is 7.14. The smallest absolute Gasteiger partial charge is 0.326 e. The number of nitrogens with one attached hydrogen (secondary N) is 1. The van der Waals surface area contributed by atoms with E-state index in [4.69, 9.17) is 5.11 Å². The third-order valence-electron chi connectivity index (χ3n) is 1.85. The molecule has 0 aromatic heterocycles. The Morgan fingerprint density at radius 3 is 2.86 bits per heavy atom. The highest BCUT2D eigenvalue weighted by Gasteiger charge is 2.32. The van der Waals surface area contributed by atoms with Gasteiger partial charge in [0.05, 0.1) is 5.69 Å². The molecule has 2 rings (SSSR count). The molecule has 1 aromatic carbocycles. The van der Waals surface area contributed by atoms with E-state index in [1.165, 1.54) is 0 Å². The number of para-hydroxylation sites is 1. The van der Waals surface area contributed by atoms with Crippen molar-refractivity contribution in [3.05, 3.63) is 24.3 Å². The van der Waals surface area contributed by atoms with Crippen LogP contribution >= 0.6 is 11.8 Å². The first-order valence-electron chi connectivity index (χ1n) is 3.98. The molecule has 1 unspecified atom stereocenters. The van der Waals surface area contributed by atoms with E-state index in [0.29, 0.717) is 5.69 Å². The van der Waals surface area contributed by atoms with E-state index in [1.807, 2.05) is 6.07 Å². The standard InChI is InChI=1S/C9H7NO3S/c11-8-7(9(12)13)14-6-4-2-1-3-5(6)10-8/h1-4,7H,(H,10,11)(H,12,13). The van der Waals surface area contributed by atoms with Gasteiger partial charge in [0, 0.05) is 4.90 Å². The van der Waals surface area contributed by atoms with Crippen molar-refractivity contribution in [3.8, 4) is 0 Å². The summed E-state index contributed by atoms with van der Waals surface area (Å²) in [7, 11) is 0. The third-order valence-corrected chi connectivity index (χ3v) is 3.11. The highest BCUT2D eigenvalue weighted by atomic mass is 32.2. The number of carbonyl (C=O) groups is 2. The number of carbonyl (C=O) groups excluding carboxylic acids is 1. The van der Waals surface area contributed by atoms with Crippen LogP contribution in [0.2, 0.25) is 0 Å². The molecule has 1 atom stereocenters. The maximum atomic E-state index is 11.3. The Morgan fingerprint density at radius 1 is 1.43 bits per heavy atom. The fourth-order valence-corrected chi connectivity index (χ4v) is 2.14. The Labute approximate surface area is 84.3 Å². The average molecular weight is 209 g/mol. The van der Waals surface area contributed by atoms with Crippen molar-refractivity contribution >= 4 is 29.3 Å². The van der Waals surface area contributed by atoms with Crippen LogP contribution in [-0.4, -0.2) is 22.2 Å². The Morgan fingerprint density at radius 2 is 2.14 bits per heavy atom. The number of carboxylic acids is 1. The summed E-state index contributed by atoms with van der Waals surface area (Å²) in [6.07, 6.45) is 0. The van der Waals surface area contributed by atoms with Gasteiger partial charge in [-0.15, -0.1) is 0 Å². The van der Waals surface area contributed by atoms with Crippen molar-refractivity contribution in [2.45, 2.75) is 10.1 Å². The zero-order chi connectivity index (χ0) is 10.1. The molecule has 2 N–H and O–H groups in total. The number of rotatable bonds is 1. The lowest BCUT2D eigenvalue weighted by Gasteiger charge is -2.20. The molecule has 4 nitrogen and oxygen atoms in total. The molecule has 1 aromatic rings. The first kappa shape index (κ1) is 9.08. The molecule has 0 radical (unpaired) electrons. The molecule has 5 heteroatoms. The van der Waals surface area contributed by atoms with Crippen molar-refractivity contribution in [1.29, 1.82) is 0 Å². The van der Waals surface area contributed by atoms with Crippen molar-refractivity contribution in [3.63, 3.8) is 0 Å². The minimum Gasteiger partial charge on any atom is -0.480 e. The van der Waals surface area contributed by atoms with Crippen LogP contribution in [0.5, 0.6) is 0 Å². The van der Waals surface area contributed by atoms with E-state index >= 15 is 0 Å². The molecule has 1 aliphatic rings. The number of hydrogen-bond acceptors (Lipinski definition) is 3. The van der Waals surface area contributed by atoms with Gasteiger partial charge in [-0.3, -0.25) is 9.59 Å². The molecule has 1 heterocycles. The summed E-state index contributed by atoms with van der Waals surface area (Å²) < 4.78 is 0. The second-order valence-electron chi connectivity index (χ2n) is 2.82. The number of hydrogen-bond donors (Lipinski definition) is 2. The predicted octanol–water partition coefficient (Wildman–Crippen LogP) is 1.18. The van der Waals surface area contributed by atoms with E-state index < -0.39 is 17.1 Å². The molecule has 0 bridgehead atoms. The van der Waals surface area contributed by atoms with Gasteiger partial charge in [-0.2, -0.15) is 0 Å². The Kier molecular flexibility index (Phi) is 2.17. The van der Waals surface area contributed by atoms with E-state index in [2.05, 4.69) is 5.32 Å². The molecule has 0 spiro atoms. The zero-order valence-electron chi connectivity index (χ0n) is 7.06. The first-order valence-corrected chi connectivity index (χ1v) is 4.86. The van der Waals surface area contributed by atoms with Crippen molar-refractivity contribution < 1.29 is 14.7 Å². The number of benzene rings is 1. The van der Waals surface area contributed by atoms with E-state index in [-0.39, 0.29) is 0 Å². The van der Waals surface area contributed by atoms with Gasteiger partial charge in [0.2, 0.25) is 5.91 Å². The number of anilines is 1. The summed E-state index contributed by atoms with van der Waals surface area (Å²) in [6.45, 7) is 0. The average Bonchev–Trinajstić information content (AvgIpc) is 2.16. The lowest BCUT2D eigenvalue weighted by Crippen LogP contribution is -2.35. The highest BCUT2D eigenvalue weighted by molar-refractivity contribution is 8.01. The minimum absolute atomic E-state index is 0.471. The van der Waals surface area contributed by atoms with Crippen LogP contribution in [0.1, 0.15) is 0 Å². The molecule has 0 fully saturated rings. The van der Waals surface area contributed by atoms with Crippen LogP contribution in [0.25, 0.3) is 0 Å². The summed E-state index contributed by atoms with van der Waals surface area (Å²) in [5.74, 6) is -1.58. The monoisotopic (exact) mass is 209 g/mol. The van der Waals surface area contributed by atoms with Crippen LogP contribution in [-0.2, 0) is 9.59 Å². The van der Waals surface area contributed by atoms with Gasteiger partial charge >= 0.3 is 5.97 Å². The molecule has 14 heavy (non-hydrogen) atoms. The van der Waals surface area contributed by atoms with E-state index in [9.17, 15) is 9.59 Å². The van der Waals surface area contributed by atoms with Crippen LogP contribution in [0.3, 0.4) is 0 Å². The third kappa shape index (κ3) is 1.46. The van der Waals surface area contributed by atoms with Crippen LogP contribution in [0, 0.1) is 0 Å². The van der Waals surface area contributed by atoms with Gasteiger partial charge in [0.1, 0.15) is 0 Å². The lowest BCUT2D eigenvalue weighted by atomic mass is 10.3. The second kappa shape index (κ2) is 3.34. The van der Waals surface area contributed by atoms with Gasteiger partial charge in [-0.25, -0.2) is 0 Å². The Hall–Kier alpha value is -1.49. The van der Waals surface area contributed by atoms with Gasteiger partial charge in [-0.05, 0) is 12.1 Å². The second-order valence-corrected chi connectivity index (χ2v) is 3.97. The summed E-state index contributed by atoms with van der Waals surface area (Å²) >= 11 is 1.06. The van der Waals surface area contributed by atoms with Crippen molar-refractivity contribution in [2.75, 3.05) is 5.32 Å². The SMILES string of the molecule is O=C(O)C1Sc2ccccc2NC1=O. The number of fused-ring (bicyclic) bond motifs is 1. The molecular formula is C9H7NO3S. The Balaban J connectivity index is 2.36. The largest absolute Gasteiger partial charge is 0.480 e. The molecule has 1 amide bonds. The topological polar surface area (TPSA) is 66.4 Å². The molecule has 0 aliphatic carbocycles. The van der Waals surface area contributed by atoms with Gasteiger partial charge in [0.25, 0.3) is 0 Å². The number of carboxylic acid groups (broad SMARTS) is 1. The summed E-state index contributed by atoms with van der Waals surface area (Å²) in [5.41, 5.74) is 0.681. The maximum absolute atomic E-state index is 11.3. The van der Waals surface area contributed by atoms with Crippen molar-refractivity contribution in [2.24, 2.45) is 0 Å². The van der Waals surface area contributed by atoms with Gasteiger partial charge in [-0.1, -0.05) is 23.9 Å². The molecule has 0 saturated heterocycles. The highest BCUT2D eigenvalue weighted by Crippen LogP contribution is 2.35. The number of aliphatic carboxylic acids is 1. The maximum Gasteiger partial charge on any atom is 0.326 e. The minimum atomic E-state index is -1.11. The summed E-state index contributed by atoms with van der Waals surface area (Å²) in [5, 5.41) is 10.3. The van der Waals surface area contributed by atoms with Crippen LogP contribution < -0.4 is 5.32 Å². The fourth-order valence-electron chi connectivity index (χ4n) is 1.21. The first-order chi connectivity index (χ1) is 6.68. The summed E-state index contributed by atoms with van der Waals surface area (Å²) in [4.78, 5) is 22.8. The van der Waals surface area contributed by atoms with Gasteiger partial charge in [0.15, 0.2) is 5.25 Å². The zero-order valence-corrected chi connectivity index (χ0v) is 7.88. The number of thioether (sulfide) groups is 1. The fraction of sp³-hybridized carbons (Fsp3) is 0.111. The van der Waals surface area contributed by atoms with E-state index in [1.54, 1.807) is 18.2 Å². The molecule has 72 valence electrons. The lowest BCUT2D eigenvalue weighted by molar-refractivity contribution is -0.138. The van der Waals surface area contributed by atoms with Crippen LogP contribution in [0.4, 0.5) is 5.69 Å². The molecule has 0 saturated carbocycles. The Bertz CT molecular complexity index is 405. The van der Waals surface area contributed by atoms with Crippen LogP contribution in [0.15, 0.2) is 29.2 Å². The predicted molar refractivity (Wildman–Crippen MR) is 52.4 cm³/mol. The molecular weight excluding hydrogens is 202 g/mol. The van der Waals surface area contributed by atoms with E-state index in [0.717, 1.165) is 16.7 Å². The van der Waals surface area contributed by atoms with Crippen molar-refractivity contribution in [1.82, 2.24) is 0 Å². The normalized spacial score (nSPS) is 19.7. The van der Waals surface area contributed by atoms with Gasteiger partial charge < -0.3 is 10.4 Å².